The molecule has 2 aromatic carbocycles. The molecule has 0 fully saturated rings. The van der Waals surface area contributed by atoms with Crippen molar-refractivity contribution in [1.29, 1.82) is 0 Å². The predicted molar refractivity (Wildman–Crippen MR) is 175 cm³/mol. The summed E-state index contributed by atoms with van der Waals surface area (Å²) >= 11 is 6.45. The third kappa shape index (κ3) is 7.14. The van der Waals surface area contributed by atoms with E-state index in [1.807, 2.05) is 12.1 Å². The summed E-state index contributed by atoms with van der Waals surface area (Å²) in [6, 6.07) is 10.9. The number of fused-ring (bicyclic) bond motifs is 2. The van der Waals surface area contributed by atoms with E-state index >= 15 is 0 Å². The normalized spacial score (nSPS) is 18.0. The van der Waals surface area contributed by atoms with Gasteiger partial charge in [-0.25, -0.2) is 4.98 Å². The van der Waals surface area contributed by atoms with Crippen LogP contribution in [0.5, 0.6) is 0 Å². The SMILES string of the molecule is CC(C)(C)[Si](C)(C)OC1CCc2cccc(NC(=O)/C=C3\CCN(c4ncc(CO)cc4Cl)c4cc(C(F)(F)F)ccc43)c2C1. The van der Waals surface area contributed by atoms with Gasteiger partial charge in [-0.1, -0.05) is 50.6 Å². The van der Waals surface area contributed by atoms with Crippen LogP contribution in [-0.2, 0) is 34.8 Å². The number of aryl methyl sites for hydroxylation is 1. The molecule has 3 aromatic rings. The Kier molecular flexibility index (Phi) is 9.25. The van der Waals surface area contributed by atoms with Crippen molar-refractivity contribution in [2.24, 2.45) is 0 Å². The lowest BCUT2D eigenvalue weighted by atomic mass is 9.88. The zero-order chi connectivity index (χ0) is 32.7. The molecule has 6 nitrogen and oxygen atoms in total. The highest BCUT2D eigenvalue weighted by molar-refractivity contribution is 6.74. The molecule has 11 heteroatoms. The molecule has 0 radical (unpaired) electrons. The Labute approximate surface area is 268 Å². The summed E-state index contributed by atoms with van der Waals surface area (Å²) in [5.41, 5.74) is 4.01. The van der Waals surface area contributed by atoms with Crippen molar-refractivity contribution in [2.45, 2.75) is 83.5 Å². The number of halogens is 4. The van der Waals surface area contributed by atoms with Gasteiger partial charge in [0.1, 0.15) is 0 Å². The first-order valence-corrected chi connectivity index (χ1v) is 18.4. The Balaban J connectivity index is 1.43. The number of nitrogens with zero attached hydrogens (tertiary/aromatic N) is 2. The number of alkyl halides is 3. The fraction of sp³-hybridized carbons (Fsp3) is 0.412. The molecule has 5 rings (SSSR count). The monoisotopic (exact) mass is 657 g/mol. The van der Waals surface area contributed by atoms with E-state index in [9.17, 15) is 23.1 Å². The van der Waals surface area contributed by atoms with Crippen LogP contribution < -0.4 is 10.2 Å². The largest absolute Gasteiger partial charge is 0.416 e. The van der Waals surface area contributed by atoms with Crippen LogP contribution >= 0.6 is 11.6 Å². The number of anilines is 3. The Morgan fingerprint density at radius 2 is 1.93 bits per heavy atom. The Morgan fingerprint density at radius 1 is 1.18 bits per heavy atom. The number of benzene rings is 2. The molecule has 2 N–H and O–H groups in total. The van der Waals surface area contributed by atoms with Crippen LogP contribution in [0.4, 0.5) is 30.4 Å². The lowest BCUT2D eigenvalue weighted by Crippen LogP contribution is -2.45. The highest BCUT2D eigenvalue weighted by Crippen LogP contribution is 2.44. The number of nitrogens with one attached hydrogen (secondary N) is 1. The molecule has 1 amide bonds. The van der Waals surface area contributed by atoms with Crippen LogP contribution in [0, 0.1) is 0 Å². The summed E-state index contributed by atoms with van der Waals surface area (Å²) in [4.78, 5) is 19.4. The first-order valence-electron chi connectivity index (χ1n) is 15.1. The van der Waals surface area contributed by atoms with Crippen LogP contribution in [0.1, 0.15) is 61.4 Å². The average Bonchev–Trinajstić information content (AvgIpc) is 2.96. The van der Waals surface area contributed by atoms with Gasteiger partial charge in [-0.3, -0.25) is 4.79 Å². The van der Waals surface area contributed by atoms with Crippen molar-refractivity contribution in [3.63, 3.8) is 0 Å². The number of aliphatic hydroxyl groups is 1. The number of hydrogen-bond acceptors (Lipinski definition) is 5. The summed E-state index contributed by atoms with van der Waals surface area (Å²) < 4.78 is 48.0. The maximum Gasteiger partial charge on any atom is 0.416 e. The third-order valence-electron chi connectivity index (χ3n) is 9.15. The molecule has 1 unspecified atom stereocenters. The minimum atomic E-state index is -4.56. The lowest BCUT2D eigenvalue weighted by molar-refractivity contribution is -0.137. The maximum absolute atomic E-state index is 13.8. The summed E-state index contributed by atoms with van der Waals surface area (Å²) in [6.07, 6.45) is 1.29. The summed E-state index contributed by atoms with van der Waals surface area (Å²) in [5.74, 6) is -0.0723. The molecule has 0 saturated carbocycles. The van der Waals surface area contributed by atoms with E-state index < -0.39 is 20.1 Å². The van der Waals surface area contributed by atoms with Crippen molar-refractivity contribution in [2.75, 3.05) is 16.8 Å². The summed E-state index contributed by atoms with van der Waals surface area (Å²) in [7, 11) is -1.98. The predicted octanol–water partition coefficient (Wildman–Crippen LogP) is 8.69. The molecule has 2 aliphatic rings. The standard InChI is InChI=1S/C34H39ClF3N3O3Si/c1-33(2,3)45(4,5)44-25-11-9-22-7-6-8-29(27(22)18-25)40-31(43)16-23-13-14-41(32-28(35)15-21(20-42)19-39-32)30-17-24(34(36,37)38)10-12-26(23)30/h6-8,10,12,15-17,19,25,42H,9,11,13-14,18,20H2,1-5H3,(H,40,43)/b23-16+. The van der Waals surface area contributed by atoms with Gasteiger partial charge in [0, 0.05) is 36.2 Å². The number of carbonyl (C=O) groups is 1. The zero-order valence-electron chi connectivity index (χ0n) is 26.2. The smallest absolute Gasteiger partial charge is 0.414 e. The second-order valence-electron chi connectivity index (χ2n) is 13.3. The maximum atomic E-state index is 13.8. The number of amides is 1. The topological polar surface area (TPSA) is 74.7 Å². The summed E-state index contributed by atoms with van der Waals surface area (Å²) in [6.45, 7) is 11.2. The minimum absolute atomic E-state index is 0.0701. The number of aromatic nitrogens is 1. The highest BCUT2D eigenvalue weighted by atomic mass is 35.5. The van der Waals surface area contributed by atoms with Gasteiger partial charge in [-0.15, -0.1) is 0 Å². The van der Waals surface area contributed by atoms with E-state index in [1.54, 1.807) is 11.0 Å². The van der Waals surface area contributed by atoms with Crippen molar-refractivity contribution in [3.05, 3.63) is 87.6 Å². The van der Waals surface area contributed by atoms with Gasteiger partial charge in [0.15, 0.2) is 14.1 Å². The van der Waals surface area contributed by atoms with E-state index in [0.717, 1.165) is 36.2 Å². The Bertz CT molecular complexity index is 1640. The van der Waals surface area contributed by atoms with Crippen LogP contribution in [0.25, 0.3) is 5.57 Å². The lowest BCUT2D eigenvalue weighted by Gasteiger charge is -2.40. The zero-order valence-corrected chi connectivity index (χ0v) is 27.9. The van der Waals surface area contributed by atoms with E-state index in [-0.39, 0.29) is 46.7 Å². The molecule has 1 aliphatic heterocycles. The van der Waals surface area contributed by atoms with Gasteiger partial charge >= 0.3 is 6.18 Å². The van der Waals surface area contributed by atoms with Gasteiger partial charge in [-0.2, -0.15) is 13.2 Å². The molecule has 1 atom stereocenters. The second-order valence-corrected chi connectivity index (χ2v) is 18.4. The molecule has 0 bridgehead atoms. The summed E-state index contributed by atoms with van der Waals surface area (Å²) in [5, 5.41) is 12.8. The molecule has 2 heterocycles. The fourth-order valence-corrected chi connectivity index (χ4v) is 7.39. The van der Waals surface area contributed by atoms with E-state index in [0.29, 0.717) is 29.5 Å². The van der Waals surface area contributed by atoms with Crippen molar-refractivity contribution < 1.29 is 27.5 Å². The van der Waals surface area contributed by atoms with Crippen LogP contribution in [-0.4, -0.2) is 37.0 Å². The van der Waals surface area contributed by atoms with Crippen LogP contribution in [0.15, 0.2) is 54.7 Å². The average molecular weight is 658 g/mol. The second kappa shape index (κ2) is 12.5. The van der Waals surface area contributed by atoms with E-state index in [2.05, 4.69) is 50.2 Å². The van der Waals surface area contributed by atoms with Gasteiger partial charge < -0.3 is 19.7 Å². The van der Waals surface area contributed by atoms with Crippen molar-refractivity contribution in [1.82, 2.24) is 4.98 Å². The number of hydrogen-bond donors (Lipinski definition) is 2. The van der Waals surface area contributed by atoms with Crippen LogP contribution in [0.2, 0.25) is 23.2 Å². The number of aliphatic hydroxyl groups excluding tert-OH is 1. The van der Waals surface area contributed by atoms with Gasteiger partial charge in [0.2, 0.25) is 5.91 Å². The number of rotatable bonds is 6. The van der Waals surface area contributed by atoms with E-state index in [1.165, 1.54) is 23.9 Å². The molecular weight excluding hydrogens is 619 g/mol. The number of carbonyl (C=O) groups excluding carboxylic acids is 1. The number of pyridine rings is 1. The molecule has 1 aliphatic carbocycles. The first kappa shape index (κ1) is 33.2. The van der Waals surface area contributed by atoms with Crippen LogP contribution in [0.3, 0.4) is 0 Å². The van der Waals surface area contributed by atoms with Gasteiger partial charge in [-0.05, 0) is 90.3 Å². The first-order chi connectivity index (χ1) is 21.1. The minimum Gasteiger partial charge on any atom is -0.414 e. The molecular formula is C34H39ClF3N3O3Si. The third-order valence-corrected chi connectivity index (χ3v) is 14.0. The molecule has 240 valence electrons. The molecule has 0 spiro atoms. The molecule has 45 heavy (non-hydrogen) atoms. The highest BCUT2D eigenvalue weighted by Gasteiger charge is 2.40. The Hall–Kier alpha value is -3.18. The Morgan fingerprint density at radius 3 is 2.60 bits per heavy atom. The van der Waals surface area contributed by atoms with E-state index in [4.69, 9.17) is 16.0 Å². The molecule has 1 aromatic heterocycles. The van der Waals surface area contributed by atoms with Crippen molar-refractivity contribution in [3.8, 4) is 0 Å². The quantitative estimate of drug-likeness (QED) is 0.205. The van der Waals surface area contributed by atoms with Gasteiger partial charge in [0.05, 0.1) is 22.9 Å². The van der Waals surface area contributed by atoms with Gasteiger partial charge in [0.25, 0.3) is 0 Å². The fourth-order valence-electron chi connectivity index (χ4n) is 5.71. The molecule has 0 saturated heterocycles. The van der Waals surface area contributed by atoms with Crippen molar-refractivity contribution >= 4 is 48.6 Å².